The van der Waals surface area contributed by atoms with Crippen LogP contribution < -0.4 is 16.0 Å². The number of methoxy groups -OCH3 is 2. The third-order valence-corrected chi connectivity index (χ3v) is 11.5. The first-order valence-electron chi connectivity index (χ1n) is 19.2. The molecule has 1 saturated carbocycles. The second-order valence-electron chi connectivity index (χ2n) is 15.8. The molecule has 13 heteroatoms. The van der Waals surface area contributed by atoms with E-state index in [0.29, 0.717) is 12.3 Å². The molecule has 0 bridgehead atoms. The van der Waals surface area contributed by atoms with E-state index < -0.39 is 60.2 Å². The average Bonchev–Trinajstić information content (AvgIpc) is 3.78. The van der Waals surface area contributed by atoms with Gasteiger partial charge in [-0.15, -0.1) is 0 Å². The molecular formula is C40H65N5O8. The Labute approximate surface area is 316 Å². The summed E-state index contributed by atoms with van der Waals surface area (Å²) in [6.45, 7) is 13.4. The summed E-state index contributed by atoms with van der Waals surface area (Å²) in [6, 6.07) is 5.92. The first-order valence-corrected chi connectivity index (χ1v) is 19.2. The molecule has 1 aromatic carbocycles. The molecule has 1 aromatic rings. The first kappa shape index (κ1) is 43.9. The van der Waals surface area contributed by atoms with Crippen LogP contribution in [-0.2, 0) is 39.9 Å². The predicted octanol–water partition coefficient (Wildman–Crippen LogP) is 3.10. The lowest BCUT2D eigenvalue weighted by molar-refractivity contribution is -0.149. The Kier molecular flexibility index (Phi) is 16.3. The fourth-order valence-electron chi connectivity index (χ4n) is 8.10. The van der Waals surface area contributed by atoms with Crippen molar-refractivity contribution in [3.63, 3.8) is 0 Å². The van der Waals surface area contributed by atoms with E-state index >= 15 is 0 Å². The summed E-state index contributed by atoms with van der Waals surface area (Å²) in [5.74, 6) is -2.89. The van der Waals surface area contributed by atoms with Crippen LogP contribution >= 0.6 is 0 Å². The Bertz CT molecular complexity index is 1390. The number of benzene rings is 1. The van der Waals surface area contributed by atoms with Crippen molar-refractivity contribution in [2.45, 2.75) is 129 Å². The van der Waals surface area contributed by atoms with Gasteiger partial charge in [0.25, 0.3) is 0 Å². The highest BCUT2D eigenvalue weighted by Gasteiger charge is 2.57. The normalized spacial score (nSPS) is 22.5. The number of rotatable bonds is 21. The predicted molar refractivity (Wildman–Crippen MR) is 203 cm³/mol. The molecule has 1 saturated heterocycles. The molecule has 0 radical (unpaired) electrons. The van der Waals surface area contributed by atoms with E-state index in [0.717, 1.165) is 18.4 Å². The number of carbonyl (C=O) groups is 5. The summed E-state index contributed by atoms with van der Waals surface area (Å²) in [5.41, 5.74) is 0.789. The van der Waals surface area contributed by atoms with E-state index in [1.54, 1.807) is 33.0 Å². The maximum Gasteiger partial charge on any atom is 0.326 e. The van der Waals surface area contributed by atoms with Gasteiger partial charge in [-0.2, -0.15) is 0 Å². The van der Waals surface area contributed by atoms with Crippen LogP contribution in [0, 0.1) is 29.6 Å². The zero-order valence-electron chi connectivity index (χ0n) is 33.6. The number of carboxylic acid groups (broad SMARTS) is 1. The third-order valence-electron chi connectivity index (χ3n) is 11.5. The zero-order chi connectivity index (χ0) is 39.7. The van der Waals surface area contributed by atoms with Gasteiger partial charge in [-0.05, 0) is 49.1 Å². The van der Waals surface area contributed by atoms with Gasteiger partial charge in [-0.3, -0.25) is 19.2 Å². The number of nitrogens with one attached hydrogen (secondary N) is 3. The van der Waals surface area contributed by atoms with Crippen molar-refractivity contribution in [3.05, 3.63) is 35.9 Å². The molecule has 2 fully saturated rings. The highest BCUT2D eigenvalue weighted by Crippen LogP contribution is 2.50. The highest BCUT2D eigenvalue weighted by atomic mass is 16.5. The van der Waals surface area contributed by atoms with Crippen LogP contribution in [-0.4, -0.2) is 121 Å². The number of likely N-dealkylation sites (N-methyl/N-ethyl adjacent to an activating group) is 2. The van der Waals surface area contributed by atoms with Crippen LogP contribution in [0.5, 0.6) is 0 Å². The van der Waals surface area contributed by atoms with Gasteiger partial charge in [0.05, 0.1) is 42.7 Å². The van der Waals surface area contributed by atoms with Gasteiger partial charge in [0.2, 0.25) is 23.6 Å². The molecule has 11 atom stereocenters. The van der Waals surface area contributed by atoms with Gasteiger partial charge < -0.3 is 40.3 Å². The van der Waals surface area contributed by atoms with Crippen LogP contribution in [0.25, 0.3) is 0 Å². The Morgan fingerprint density at radius 1 is 0.906 bits per heavy atom. The molecule has 8 unspecified atom stereocenters. The van der Waals surface area contributed by atoms with Crippen LogP contribution in [0.4, 0.5) is 0 Å². The summed E-state index contributed by atoms with van der Waals surface area (Å²) >= 11 is 0. The average molecular weight is 744 g/mol. The molecule has 2 aliphatic rings. The molecule has 3 rings (SSSR count). The molecule has 0 aromatic heterocycles. The number of carbonyl (C=O) groups excluding carboxylic acids is 4. The van der Waals surface area contributed by atoms with Crippen molar-refractivity contribution in [2.24, 2.45) is 29.6 Å². The molecule has 53 heavy (non-hydrogen) atoms. The number of fused-ring (bicyclic) bond motifs is 1. The standard InChI is InChI=1S/C40H65N5O8/c1-12-24(6)35(44(9)39(49)34(23(4)5)43-38(48)33(41-8)22(2)3)31(52-10)21-32(46)45-29-19-27(29)20-30(45)36(53-11)25(7)37(47)42-28(40(50)51)18-26-16-14-13-15-17-26/h13-17,22-25,27-31,33-36,41H,12,18-21H2,1-11H3,(H,42,47)(H,43,48)(H,50,51)/t24?,25?,27-,28?,29-,30-,31?,33?,34?,35?,36?/m0/s1. The third kappa shape index (κ3) is 10.8. The van der Waals surface area contributed by atoms with Gasteiger partial charge in [0.1, 0.15) is 12.1 Å². The minimum atomic E-state index is -1.13. The number of amides is 4. The minimum Gasteiger partial charge on any atom is -0.480 e. The van der Waals surface area contributed by atoms with E-state index in [-0.39, 0.29) is 54.4 Å². The number of nitrogens with zero attached hydrogens (tertiary/aromatic N) is 2. The molecule has 1 heterocycles. The molecular weight excluding hydrogens is 678 g/mol. The van der Waals surface area contributed by atoms with Crippen molar-refractivity contribution in [1.82, 2.24) is 25.8 Å². The molecule has 298 valence electrons. The first-order chi connectivity index (χ1) is 25.0. The lowest BCUT2D eigenvalue weighted by Gasteiger charge is -2.41. The van der Waals surface area contributed by atoms with Crippen LogP contribution in [0.1, 0.15) is 79.7 Å². The van der Waals surface area contributed by atoms with Gasteiger partial charge in [0.15, 0.2) is 0 Å². The number of hydrogen-bond donors (Lipinski definition) is 4. The van der Waals surface area contributed by atoms with Crippen LogP contribution in [0.2, 0.25) is 0 Å². The molecule has 13 nitrogen and oxygen atoms in total. The van der Waals surface area contributed by atoms with Crippen molar-refractivity contribution >= 4 is 29.6 Å². The fourth-order valence-corrected chi connectivity index (χ4v) is 8.10. The molecule has 4 N–H and O–H groups in total. The van der Waals surface area contributed by atoms with Crippen molar-refractivity contribution in [3.8, 4) is 0 Å². The summed E-state index contributed by atoms with van der Waals surface area (Å²) in [4.78, 5) is 70.9. The molecule has 1 aliphatic heterocycles. The topological polar surface area (TPSA) is 167 Å². The number of ether oxygens (including phenoxy) is 2. The maximum absolute atomic E-state index is 14.4. The van der Waals surface area contributed by atoms with Crippen molar-refractivity contribution in [1.29, 1.82) is 0 Å². The van der Waals surface area contributed by atoms with Gasteiger partial charge in [-0.25, -0.2) is 4.79 Å². The Morgan fingerprint density at radius 2 is 1.53 bits per heavy atom. The Morgan fingerprint density at radius 3 is 2.04 bits per heavy atom. The van der Waals surface area contributed by atoms with E-state index in [1.807, 2.05) is 76.8 Å². The van der Waals surface area contributed by atoms with Gasteiger partial charge in [0, 0.05) is 33.7 Å². The Balaban J connectivity index is 1.80. The smallest absolute Gasteiger partial charge is 0.326 e. The largest absolute Gasteiger partial charge is 0.480 e. The summed E-state index contributed by atoms with van der Waals surface area (Å²) in [7, 11) is 6.51. The van der Waals surface area contributed by atoms with E-state index in [4.69, 9.17) is 9.47 Å². The molecule has 4 amide bonds. The molecule has 0 spiro atoms. The summed E-state index contributed by atoms with van der Waals surface area (Å²) in [5, 5.41) is 18.6. The lowest BCUT2D eigenvalue weighted by atomic mass is 9.89. The van der Waals surface area contributed by atoms with E-state index in [9.17, 15) is 29.1 Å². The number of aliphatic carboxylic acids is 1. The molecule has 1 aliphatic carbocycles. The van der Waals surface area contributed by atoms with Gasteiger partial charge >= 0.3 is 5.97 Å². The second kappa shape index (κ2) is 19.7. The van der Waals surface area contributed by atoms with Crippen molar-refractivity contribution in [2.75, 3.05) is 28.3 Å². The quantitative estimate of drug-likeness (QED) is 0.148. The minimum absolute atomic E-state index is 0.00586. The maximum atomic E-state index is 14.4. The number of likely N-dealkylation sites (tertiary alicyclic amines) is 1. The second-order valence-corrected chi connectivity index (χ2v) is 15.8. The van der Waals surface area contributed by atoms with E-state index in [1.165, 1.54) is 7.11 Å². The fraction of sp³-hybridized carbons (Fsp3) is 0.725. The summed E-state index contributed by atoms with van der Waals surface area (Å²) in [6.07, 6.45) is 1.08. The zero-order valence-corrected chi connectivity index (χ0v) is 33.6. The number of piperidine rings is 1. The van der Waals surface area contributed by atoms with E-state index in [2.05, 4.69) is 16.0 Å². The Hall–Kier alpha value is -3.55. The lowest BCUT2D eigenvalue weighted by Crippen LogP contribution is -2.59. The SMILES string of the molecule is CCC(C)C(C(CC(=O)N1[C@H](C(OC)C(C)C(=O)NC(Cc2ccccc2)C(=O)O)C[C@@H]2C[C@@H]21)OC)N(C)C(=O)C(NC(=O)C(NC)C(C)C)C(C)C. The number of hydrogen-bond acceptors (Lipinski definition) is 8. The highest BCUT2D eigenvalue weighted by molar-refractivity contribution is 5.90. The van der Waals surface area contributed by atoms with Crippen molar-refractivity contribution < 1.29 is 38.6 Å². The van der Waals surface area contributed by atoms with Crippen LogP contribution in [0.3, 0.4) is 0 Å². The van der Waals surface area contributed by atoms with Crippen LogP contribution in [0.15, 0.2) is 30.3 Å². The summed E-state index contributed by atoms with van der Waals surface area (Å²) < 4.78 is 12.0. The number of carboxylic acids is 1. The monoisotopic (exact) mass is 743 g/mol. The van der Waals surface area contributed by atoms with Gasteiger partial charge in [-0.1, -0.05) is 85.2 Å².